The summed E-state index contributed by atoms with van der Waals surface area (Å²) >= 11 is 0. The maximum Gasteiger partial charge on any atom is 0.246 e. The number of rotatable bonds is 6. The van der Waals surface area contributed by atoms with Gasteiger partial charge in [-0.3, -0.25) is 0 Å². The molecular weight excluding hydrogens is 347 g/mol. The lowest BCUT2D eigenvalue weighted by molar-refractivity contribution is 0.106. The minimum absolute atomic E-state index is 0.123. The molecule has 1 saturated carbocycles. The number of sulfonamides is 1. The summed E-state index contributed by atoms with van der Waals surface area (Å²) in [6.07, 6.45) is 2.82. The molecule has 2 aromatic rings. The van der Waals surface area contributed by atoms with E-state index in [2.05, 4.69) is 5.16 Å². The van der Waals surface area contributed by atoms with Crippen LogP contribution in [0.15, 0.2) is 33.7 Å². The Labute approximate surface area is 145 Å². The summed E-state index contributed by atoms with van der Waals surface area (Å²) in [6, 6.07) is 5.42. The summed E-state index contributed by atoms with van der Waals surface area (Å²) in [7, 11) is -3.91. The topological polar surface area (TPSA) is 72.6 Å². The number of fused-ring (bicyclic) bond motifs is 1. The first-order chi connectivity index (χ1) is 12.1. The molecule has 0 atom stereocenters. The van der Waals surface area contributed by atoms with Gasteiger partial charge in [0.05, 0.1) is 6.61 Å². The minimum Gasteiger partial charge on any atom is -0.375 e. The van der Waals surface area contributed by atoms with Gasteiger partial charge in [0.25, 0.3) is 0 Å². The molecule has 1 fully saturated rings. The molecule has 1 aliphatic heterocycles. The van der Waals surface area contributed by atoms with Crippen molar-refractivity contribution in [2.45, 2.75) is 37.3 Å². The number of aromatic nitrogens is 1. The van der Waals surface area contributed by atoms with Crippen LogP contribution in [0.4, 0.5) is 4.39 Å². The summed E-state index contributed by atoms with van der Waals surface area (Å²) < 4.78 is 51.7. The van der Waals surface area contributed by atoms with Crippen molar-refractivity contribution >= 4 is 10.0 Å². The number of ether oxygens (including phenoxy) is 1. The van der Waals surface area contributed by atoms with Gasteiger partial charge >= 0.3 is 0 Å². The van der Waals surface area contributed by atoms with Crippen molar-refractivity contribution in [3.8, 4) is 0 Å². The van der Waals surface area contributed by atoms with Gasteiger partial charge in [-0.2, -0.15) is 4.31 Å². The van der Waals surface area contributed by atoms with E-state index in [1.165, 1.54) is 35.3 Å². The molecule has 0 bridgehead atoms. The van der Waals surface area contributed by atoms with E-state index in [9.17, 15) is 12.8 Å². The van der Waals surface area contributed by atoms with E-state index in [0.717, 1.165) is 11.6 Å². The van der Waals surface area contributed by atoms with Crippen LogP contribution in [-0.2, 0) is 34.3 Å². The normalized spacial score (nSPS) is 18.3. The summed E-state index contributed by atoms with van der Waals surface area (Å²) in [4.78, 5) is -0.304. The third-order valence-corrected chi connectivity index (χ3v) is 6.50. The highest BCUT2D eigenvalue weighted by Gasteiger charge is 2.33. The zero-order valence-electron chi connectivity index (χ0n) is 13.7. The molecule has 4 rings (SSSR count). The molecule has 1 aromatic carbocycles. The van der Waals surface area contributed by atoms with Gasteiger partial charge in [0, 0.05) is 31.7 Å². The molecule has 25 heavy (non-hydrogen) atoms. The maximum atomic E-state index is 13.9. The highest BCUT2D eigenvalue weighted by atomic mass is 32.2. The predicted octanol–water partition coefficient (Wildman–Crippen LogP) is 2.49. The van der Waals surface area contributed by atoms with Gasteiger partial charge in [-0.05, 0) is 30.9 Å². The fourth-order valence-electron chi connectivity index (χ4n) is 2.96. The molecule has 0 radical (unpaired) electrons. The maximum absolute atomic E-state index is 13.9. The Bertz CT molecular complexity index is 877. The molecule has 0 N–H and O–H groups in total. The lowest BCUT2D eigenvalue weighted by Gasteiger charge is -2.25. The summed E-state index contributed by atoms with van der Waals surface area (Å²) in [5.41, 5.74) is 1.37. The summed E-state index contributed by atoms with van der Waals surface area (Å²) in [5, 5.41) is 4.03. The Balaban J connectivity index is 1.53. The average molecular weight is 366 g/mol. The third-order valence-electron chi connectivity index (χ3n) is 4.62. The van der Waals surface area contributed by atoms with Crippen molar-refractivity contribution in [1.82, 2.24) is 9.46 Å². The first-order valence-electron chi connectivity index (χ1n) is 8.34. The number of hydrogen-bond acceptors (Lipinski definition) is 5. The second-order valence-electron chi connectivity index (χ2n) is 6.51. The standard InChI is InChI=1S/C17H19FN2O4S/c18-14-3-1-2-4-17(14)25(21,22)20-8-7-16-13(9-20)15(19-24-16)11-23-10-12-5-6-12/h1-4,12H,5-11H2. The van der Waals surface area contributed by atoms with Crippen LogP contribution in [0.2, 0.25) is 0 Å². The zero-order valence-corrected chi connectivity index (χ0v) is 14.5. The number of nitrogens with zero attached hydrogens (tertiary/aromatic N) is 2. The Hall–Kier alpha value is -1.77. The molecule has 0 amide bonds. The molecule has 1 aliphatic carbocycles. The summed E-state index contributed by atoms with van der Waals surface area (Å²) in [5.74, 6) is 0.581. The van der Waals surface area contributed by atoms with Gasteiger partial charge in [0.1, 0.15) is 22.2 Å². The molecule has 8 heteroatoms. The highest BCUT2D eigenvalue weighted by Crippen LogP contribution is 2.31. The lowest BCUT2D eigenvalue weighted by Crippen LogP contribution is -2.36. The van der Waals surface area contributed by atoms with Gasteiger partial charge in [0.2, 0.25) is 10.0 Å². The fourth-order valence-corrected chi connectivity index (χ4v) is 4.43. The molecule has 2 heterocycles. The average Bonchev–Trinajstić information content (AvgIpc) is 3.34. The number of benzene rings is 1. The van der Waals surface area contributed by atoms with E-state index < -0.39 is 15.8 Å². The molecule has 1 aromatic heterocycles. The summed E-state index contributed by atoms with van der Waals surface area (Å²) in [6.45, 7) is 1.36. The molecule has 0 spiro atoms. The van der Waals surface area contributed by atoms with Crippen molar-refractivity contribution < 1.29 is 22.1 Å². The van der Waals surface area contributed by atoms with Gasteiger partial charge in [-0.25, -0.2) is 12.8 Å². The van der Waals surface area contributed by atoms with Crippen molar-refractivity contribution in [2.75, 3.05) is 13.2 Å². The van der Waals surface area contributed by atoms with Crippen LogP contribution in [0.3, 0.4) is 0 Å². The van der Waals surface area contributed by atoms with Crippen molar-refractivity contribution in [2.24, 2.45) is 5.92 Å². The predicted molar refractivity (Wildman–Crippen MR) is 86.6 cm³/mol. The Morgan fingerprint density at radius 1 is 1.32 bits per heavy atom. The van der Waals surface area contributed by atoms with E-state index >= 15 is 0 Å². The van der Waals surface area contributed by atoms with Crippen LogP contribution < -0.4 is 0 Å². The van der Waals surface area contributed by atoms with Crippen LogP contribution in [-0.4, -0.2) is 31.0 Å². The van der Waals surface area contributed by atoms with Gasteiger partial charge < -0.3 is 9.26 Å². The monoisotopic (exact) mass is 366 g/mol. The van der Waals surface area contributed by atoms with Crippen LogP contribution in [0.1, 0.15) is 29.9 Å². The van der Waals surface area contributed by atoms with Crippen molar-refractivity contribution in [3.05, 3.63) is 47.1 Å². The Morgan fingerprint density at radius 2 is 2.12 bits per heavy atom. The molecule has 6 nitrogen and oxygen atoms in total. The van der Waals surface area contributed by atoms with E-state index in [4.69, 9.17) is 9.26 Å². The third kappa shape index (κ3) is 3.33. The molecular formula is C17H19FN2O4S. The lowest BCUT2D eigenvalue weighted by atomic mass is 10.1. The Kier molecular flexibility index (Phi) is 4.35. The number of halogens is 1. The molecule has 134 valence electrons. The van der Waals surface area contributed by atoms with Crippen LogP contribution >= 0.6 is 0 Å². The first-order valence-corrected chi connectivity index (χ1v) is 9.78. The van der Waals surface area contributed by atoms with Gasteiger partial charge in [0.15, 0.2) is 0 Å². The largest absolute Gasteiger partial charge is 0.375 e. The molecule has 0 unspecified atom stereocenters. The highest BCUT2D eigenvalue weighted by molar-refractivity contribution is 7.89. The van der Waals surface area contributed by atoms with E-state index in [1.54, 1.807) is 0 Å². The smallest absolute Gasteiger partial charge is 0.246 e. The second kappa shape index (κ2) is 6.51. The van der Waals surface area contributed by atoms with Gasteiger partial charge in [-0.1, -0.05) is 17.3 Å². The molecule has 2 aliphatic rings. The SMILES string of the molecule is O=S(=O)(c1ccccc1F)N1CCc2onc(COCC3CC3)c2C1. The van der Waals surface area contributed by atoms with E-state index in [0.29, 0.717) is 37.0 Å². The first kappa shape index (κ1) is 16.7. The van der Waals surface area contributed by atoms with Crippen LogP contribution in [0.5, 0.6) is 0 Å². The van der Waals surface area contributed by atoms with Crippen molar-refractivity contribution in [3.63, 3.8) is 0 Å². The fraction of sp³-hybridized carbons (Fsp3) is 0.471. The van der Waals surface area contributed by atoms with Crippen LogP contribution in [0.25, 0.3) is 0 Å². The Morgan fingerprint density at radius 3 is 2.88 bits per heavy atom. The molecule has 0 saturated heterocycles. The zero-order chi connectivity index (χ0) is 17.4. The minimum atomic E-state index is -3.91. The quantitative estimate of drug-likeness (QED) is 0.785. The van der Waals surface area contributed by atoms with E-state index in [-0.39, 0.29) is 18.0 Å². The second-order valence-corrected chi connectivity index (χ2v) is 8.41. The van der Waals surface area contributed by atoms with Crippen LogP contribution in [0, 0.1) is 11.7 Å². The number of hydrogen-bond donors (Lipinski definition) is 0. The van der Waals surface area contributed by atoms with E-state index in [1.807, 2.05) is 0 Å². The van der Waals surface area contributed by atoms with Crippen molar-refractivity contribution in [1.29, 1.82) is 0 Å². The van der Waals surface area contributed by atoms with Gasteiger partial charge in [-0.15, -0.1) is 0 Å².